The summed E-state index contributed by atoms with van der Waals surface area (Å²) in [6.45, 7) is 11.7. The Morgan fingerprint density at radius 2 is 1.69 bits per heavy atom. The third-order valence-corrected chi connectivity index (χ3v) is 1.91. The van der Waals surface area contributed by atoms with E-state index < -0.39 is 11.6 Å². The number of carbonyl (C=O) groups is 1. The molecule has 0 saturated carbocycles. The summed E-state index contributed by atoms with van der Waals surface area (Å²) < 4.78 is 0. The van der Waals surface area contributed by atoms with E-state index in [0.717, 1.165) is 12.8 Å². The second-order valence-corrected chi connectivity index (χ2v) is 5.85. The molecule has 0 aliphatic rings. The van der Waals surface area contributed by atoms with Crippen molar-refractivity contribution in [3.05, 3.63) is 0 Å². The van der Waals surface area contributed by atoms with Crippen molar-refractivity contribution in [3.8, 4) is 0 Å². The van der Waals surface area contributed by atoms with E-state index >= 15 is 0 Å². The van der Waals surface area contributed by atoms with Crippen LogP contribution in [0.2, 0.25) is 0 Å². The Hall–Kier alpha value is -0.610. The lowest BCUT2D eigenvalue weighted by atomic mass is 9.93. The SMILES string of the molecule is CCCC(C)(C)OOOC(=O)CC(C)(C)C. The molecule has 0 N–H and O–H groups in total. The van der Waals surface area contributed by atoms with Gasteiger partial charge in [-0.1, -0.05) is 34.1 Å². The fraction of sp³-hybridized carbons (Fsp3) is 0.917. The average molecular weight is 232 g/mol. The summed E-state index contributed by atoms with van der Waals surface area (Å²) in [5.74, 6) is -0.417. The van der Waals surface area contributed by atoms with E-state index in [2.05, 4.69) is 16.8 Å². The van der Waals surface area contributed by atoms with Crippen molar-refractivity contribution in [1.29, 1.82) is 0 Å². The fourth-order valence-electron chi connectivity index (χ4n) is 1.25. The maximum Gasteiger partial charge on any atom is 0.346 e. The monoisotopic (exact) mass is 232 g/mol. The van der Waals surface area contributed by atoms with Crippen LogP contribution in [0.3, 0.4) is 0 Å². The van der Waals surface area contributed by atoms with Gasteiger partial charge >= 0.3 is 5.97 Å². The summed E-state index contributed by atoms with van der Waals surface area (Å²) in [6, 6.07) is 0. The van der Waals surface area contributed by atoms with Gasteiger partial charge in [-0.25, -0.2) is 4.79 Å². The second-order valence-electron chi connectivity index (χ2n) is 5.85. The molecule has 0 spiro atoms. The Balaban J connectivity index is 3.78. The number of hydrogen-bond acceptors (Lipinski definition) is 4. The van der Waals surface area contributed by atoms with Crippen LogP contribution in [-0.2, 0) is 19.6 Å². The van der Waals surface area contributed by atoms with Crippen molar-refractivity contribution in [1.82, 2.24) is 0 Å². The lowest BCUT2D eigenvalue weighted by molar-refractivity contribution is -0.517. The fourth-order valence-corrected chi connectivity index (χ4v) is 1.25. The average Bonchev–Trinajstić information content (AvgIpc) is 1.99. The van der Waals surface area contributed by atoms with E-state index in [1.807, 2.05) is 34.6 Å². The van der Waals surface area contributed by atoms with Crippen LogP contribution in [0.1, 0.15) is 60.8 Å². The highest BCUT2D eigenvalue weighted by Crippen LogP contribution is 2.20. The topological polar surface area (TPSA) is 44.8 Å². The molecule has 0 aromatic rings. The van der Waals surface area contributed by atoms with Gasteiger partial charge in [0.25, 0.3) is 0 Å². The minimum absolute atomic E-state index is 0.112. The van der Waals surface area contributed by atoms with Crippen molar-refractivity contribution < 1.29 is 19.6 Å². The van der Waals surface area contributed by atoms with E-state index in [4.69, 9.17) is 4.89 Å². The summed E-state index contributed by atoms with van der Waals surface area (Å²) >= 11 is 0. The van der Waals surface area contributed by atoms with E-state index in [-0.39, 0.29) is 5.41 Å². The first-order chi connectivity index (χ1) is 7.16. The minimum Gasteiger partial charge on any atom is -0.269 e. The van der Waals surface area contributed by atoms with Crippen LogP contribution >= 0.6 is 0 Å². The van der Waals surface area contributed by atoms with Gasteiger partial charge in [0.2, 0.25) is 0 Å². The Morgan fingerprint density at radius 1 is 1.12 bits per heavy atom. The standard InChI is InChI=1S/C12H24O4/c1-7-8-12(5,6)15-16-14-10(13)9-11(2,3)4/h7-9H2,1-6H3. The lowest BCUT2D eigenvalue weighted by Gasteiger charge is -2.21. The van der Waals surface area contributed by atoms with Gasteiger partial charge in [-0.3, -0.25) is 4.89 Å². The van der Waals surface area contributed by atoms with Gasteiger partial charge in [0.05, 0.1) is 6.42 Å². The van der Waals surface area contributed by atoms with Gasteiger partial charge < -0.3 is 0 Å². The molecule has 0 unspecified atom stereocenters. The minimum atomic E-state index is -0.434. The molecule has 0 aliphatic carbocycles. The molecule has 4 nitrogen and oxygen atoms in total. The summed E-state index contributed by atoms with van der Waals surface area (Å²) in [4.78, 5) is 20.8. The number of rotatable bonds is 6. The van der Waals surface area contributed by atoms with Crippen LogP contribution in [0.5, 0.6) is 0 Å². The summed E-state index contributed by atoms with van der Waals surface area (Å²) in [6.07, 6.45) is 2.11. The van der Waals surface area contributed by atoms with Crippen LogP contribution in [0.15, 0.2) is 0 Å². The molecule has 0 fully saturated rings. The third-order valence-electron chi connectivity index (χ3n) is 1.91. The van der Waals surface area contributed by atoms with Crippen LogP contribution in [0.25, 0.3) is 0 Å². The van der Waals surface area contributed by atoms with Crippen molar-refractivity contribution >= 4 is 5.97 Å². The molecule has 16 heavy (non-hydrogen) atoms. The molecule has 0 aliphatic heterocycles. The predicted octanol–water partition coefficient (Wildman–Crippen LogP) is 3.41. The Morgan fingerprint density at radius 3 is 2.12 bits per heavy atom. The maximum absolute atomic E-state index is 11.3. The van der Waals surface area contributed by atoms with E-state index in [9.17, 15) is 4.79 Å². The van der Waals surface area contributed by atoms with Crippen LogP contribution < -0.4 is 0 Å². The third kappa shape index (κ3) is 8.68. The van der Waals surface area contributed by atoms with Crippen LogP contribution in [0, 0.1) is 5.41 Å². The smallest absolute Gasteiger partial charge is 0.269 e. The predicted molar refractivity (Wildman–Crippen MR) is 61.3 cm³/mol. The Labute approximate surface area is 98.1 Å². The van der Waals surface area contributed by atoms with Gasteiger partial charge in [0, 0.05) is 0 Å². The largest absolute Gasteiger partial charge is 0.346 e. The maximum atomic E-state index is 11.3. The quantitative estimate of drug-likeness (QED) is 0.520. The lowest BCUT2D eigenvalue weighted by Crippen LogP contribution is -2.25. The molecule has 0 bridgehead atoms. The van der Waals surface area contributed by atoms with E-state index in [1.54, 1.807) is 0 Å². The normalized spacial score (nSPS) is 12.6. The molecule has 0 heterocycles. The molecule has 0 atom stereocenters. The van der Waals surface area contributed by atoms with E-state index in [1.165, 1.54) is 0 Å². The zero-order chi connectivity index (χ0) is 12.8. The molecule has 0 saturated heterocycles. The van der Waals surface area contributed by atoms with Crippen LogP contribution in [0.4, 0.5) is 0 Å². The molecule has 0 aromatic heterocycles. The highest BCUT2D eigenvalue weighted by atomic mass is 17.5. The van der Waals surface area contributed by atoms with Gasteiger partial charge in [-0.15, -0.1) is 0 Å². The first kappa shape index (κ1) is 15.4. The number of carbonyl (C=O) groups excluding carboxylic acids is 1. The van der Waals surface area contributed by atoms with Gasteiger partial charge in [0.15, 0.2) is 0 Å². The molecule has 0 amide bonds. The molecule has 96 valence electrons. The Bertz CT molecular complexity index is 216. The zero-order valence-electron chi connectivity index (χ0n) is 11.3. The summed E-state index contributed by atoms with van der Waals surface area (Å²) in [5, 5.41) is 4.51. The van der Waals surface area contributed by atoms with Crippen molar-refractivity contribution in [2.45, 2.75) is 66.4 Å². The number of hydrogen-bond donors (Lipinski definition) is 0. The van der Waals surface area contributed by atoms with Gasteiger partial charge in [-0.05, 0) is 30.7 Å². The highest BCUT2D eigenvalue weighted by molar-refractivity contribution is 5.69. The first-order valence-corrected chi connectivity index (χ1v) is 5.71. The first-order valence-electron chi connectivity index (χ1n) is 5.71. The van der Waals surface area contributed by atoms with E-state index in [0.29, 0.717) is 6.42 Å². The second kappa shape index (κ2) is 6.21. The van der Waals surface area contributed by atoms with Crippen molar-refractivity contribution in [3.63, 3.8) is 0 Å². The van der Waals surface area contributed by atoms with Crippen molar-refractivity contribution in [2.24, 2.45) is 5.41 Å². The van der Waals surface area contributed by atoms with Crippen molar-refractivity contribution in [2.75, 3.05) is 0 Å². The van der Waals surface area contributed by atoms with Crippen LogP contribution in [-0.4, -0.2) is 11.6 Å². The zero-order valence-corrected chi connectivity index (χ0v) is 11.3. The highest BCUT2D eigenvalue weighted by Gasteiger charge is 2.22. The van der Waals surface area contributed by atoms with Gasteiger partial charge in [0.1, 0.15) is 5.60 Å². The molecular formula is C12H24O4. The van der Waals surface area contributed by atoms with Gasteiger partial charge in [-0.2, -0.15) is 4.89 Å². The molecule has 0 rings (SSSR count). The molecule has 4 heteroatoms. The molecular weight excluding hydrogens is 208 g/mol. The Kier molecular flexibility index (Phi) is 5.97. The summed E-state index contributed by atoms with van der Waals surface area (Å²) in [5.41, 5.74) is -0.545. The summed E-state index contributed by atoms with van der Waals surface area (Å²) in [7, 11) is 0. The molecule has 0 aromatic carbocycles. The molecule has 0 radical (unpaired) electrons.